The second-order valence-corrected chi connectivity index (χ2v) is 7.09. The summed E-state index contributed by atoms with van der Waals surface area (Å²) in [6, 6.07) is 0. The zero-order valence-electron chi connectivity index (χ0n) is 5.23. The third-order valence-electron chi connectivity index (χ3n) is 2.13. The molecular formula is C5H8O3S2. The van der Waals surface area contributed by atoms with Crippen molar-refractivity contribution in [2.45, 2.75) is 29.4 Å². The number of hydrogen-bond donors (Lipinski definition) is 1. The molecule has 0 aromatic carbocycles. The fourth-order valence-electron chi connectivity index (χ4n) is 1.57. The summed E-state index contributed by atoms with van der Waals surface area (Å²) < 4.78 is 22.1. The molecular weight excluding hydrogens is 172 g/mol. The van der Waals surface area contributed by atoms with Gasteiger partial charge in [0.05, 0.1) is 11.4 Å². The molecule has 2 aliphatic rings. The number of fused-ring (bicyclic) bond motifs is 2. The summed E-state index contributed by atoms with van der Waals surface area (Å²) in [5.74, 6) is 0. The van der Waals surface area contributed by atoms with Crippen LogP contribution in [0.1, 0.15) is 12.8 Å². The van der Waals surface area contributed by atoms with Crippen molar-refractivity contribution < 1.29 is 13.5 Å². The summed E-state index contributed by atoms with van der Waals surface area (Å²) in [5, 5.41) is 8.78. The Morgan fingerprint density at radius 1 is 1.40 bits per heavy atom. The number of aliphatic hydroxyl groups excluding tert-OH is 1. The summed E-state index contributed by atoms with van der Waals surface area (Å²) in [6.07, 6.45) is 0.923. The van der Waals surface area contributed by atoms with Gasteiger partial charge in [0.2, 0.25) is 8.87 Å². The van der Waals surface area contributed by atoms with Crippen molar-refractivity contribution in [1.82, 2.24) is 0 Å². The number of aliphatic hydroxyl groups is 1. The Balaban J connectivity index is 2.41. The lowest BCUT2D eigenvalue weighted by molar-refractivity contribution is 0.194. The summed E-state index contributed by atoms with van der Waals surface area (Å²) in [7, 11) is -2.02. The molecule has 0 spiro atoms. The average Bonchev–Trinajstić information content (AvgIpc) is 2.21. The van der Waals surface area contributed by atoms with E-state index in [1.807, 2.05) is 0 Å². The monoisotopic (exact) mass is 180 g/mol. The van der Waals surface area contributed by atoms with Crippen LogP contribution in [-0.2, 0) is 8.87 Å². The molecule has 10 heavy (non-hydrogen) atoms. The van der Waals surface area contributed by atoms with Gasteiger partial charge in [0.1, 0.15) is 0 Å². The van der Waals surface area contributed by atoms with E-state index in [2.05, 4.69) is 0 Å². The molecule has 2 bridgehead atoms. The van der Waals surface area contributed by atoms with Crippen molar-refractivity contribution in [3.63, 3.8) is 0 Å². The van der Waals surface area contributed by atoms with Crippen LogP contribution in [0, 0.1) is 0 Å². The standard InChI is InChI=1S/C5H8O3S2/c6-5-3-1-2-4(5)10(7,8)9-3/h3-6H,1-2H2. The van der Waals surface area contributed by atoms with Crippen molar-refractivity contribution in [3.8, 4) is 0 Å². The SMILES string of the molecule is O=S1(=O)SC2CCC1C2O. The molecule has 0 aromatic rings. The minimum Gasteiger partial charge on any atom is -0.391 e. The summed E-state index contributed by atoms with van der Waals surface area (Å²) in [5.41, 5.74) is 0. The van der Waals surface area contributed by atoms with E-state index in [-0.39, 0.29) is 5.25 Å². The smallest absolute Gasteiger partial charge is 0.207 e. The molecule has 3 unspecified atom stereocenters. The maximum absolute atomic E-state index is 11.0. The Hall–Kier alpha value is 0.260. The first-order valence-electron chi connectivity index (χ1n) is 3.21. The van der Waals surface area contributed by atoms with Crippen LogP contribution >= 0.6 is 10.8 Å². The highest BCUT2D eigenvalue weighted by Crippen LogP contribution is 2.47. The van der Waals surface area contributed by atoms with Crippen LogP contribution in [0.4, 0.5) is 0 Å². The van der Waals surface area contributed by atoms with Crippen molar-refractivity contribution in [2.75, 3.05) is 0 Å². The average molecular weight is 180 g/mol. The third kappa shape index (κ3) is 0.740. The van der Waals surface area contributed by atoms with Gasteiger partial charge in [-0.15, -0.1) is 0 Å². The molecule has 1 N–H and O–H groups in total. The lowest BCUT2D eigenvalue weighted by Gasteiger charge is -2.06. The highest BCUT2D eigenvalue weighted by atomic mass is 33.1. The van der Waals surface area contributed by atoms with E-state index >= 15 is 0 Å². The molecule has 3 atom stereocenters. The van der Waals surface area contributed by atoms with E-state index in [0.717, 1.165) is 17.2 Å². The Morgan fingerprint density at radius 2 is 2.10 bits per heavy atom. The lowest BCUT2D eigenvalue weighted by Crippen LogP contribution is -2.22. The predicted octanol–water partition coefficient (Wildman–Crippen LogP) is -0.0451. The predicted molar refractivity (Wildman–Crippen MR) is 39.3 cm³/mol. The van der Waals surface area contributed by atoms with Crippen LogP contribution in [0.2, 0.25) is 0 Å². The first-order valence-corrected chi connectivity index (χ1v) is 6.16. The first-order chi connectivity index (χ1) is 4.61. The minimum atomic E-state index is -2.97. The van der Waals surface area contributed by atoms with Gasteiger partial charge in [-0.05, 0) is 23.6 Å². The van der Waals surface area contributed by atoms with Crippen molar-refractivity contribution in [1.29, 1.82) is 0 Å². The molecule has 1 saturated carbocycles. The van der Waals surface area contributed by atoms with Gasteiger partial charge in [0.15, 0.2) is 0 Å². The van der Waals surface area contributed by atoms with E-state index in [0.29, 0.717) is 6.42 Å². The van der Waals surface area contributed by atoms with Gasteiger partial charge in [-0.25, -0.2) is 8.42 Å². The van der Waals surface area contributed by atoms with Crippen LogP contribution in [0.5, 0.6) is 0 Å². The number of hydrogen-bond acceptors (Lipinski definition) is 4. The van der Waals surface area contributed by atoms with Crippen LogP contribution in [0.25, 0.3) is 0 Å². The minimum absolute atomic E-state index is 0.0324. The van der Waals surface area contributed by atoms with Crippen LogP contribution in [0.3, 0.4) is 0 Å². The normalized spacial score (nSPS) is 49.9. The quantitative estimate of drug-likeness (QED) is 0.531. The number of rotatable bonds is 0. The van der Waals surface area contributed by atoms with E-state index < -0.39 is 20.2 Å². The summed E-state index contributed by atoms with van der Waals surface area (Å²) in [6.45, 7) is 0. The fraction of sp³-hybridized carbons (Fsp3) is 1.00. The molecule has 1 heterocycles. The van der Waals surface area contributed by atoms with Gasteiger partial charge >= 0.3 is 0 Å². The molecule has 2 fully saturated rings. The summed E-state index contributed by atoms with van der Waals surface area (Å²) >= 11 is 0. The van der Waals surface area contributed by atoms with Crippen molar-refractivity contribution >= 4 is 19.7 Å². The fourth-order valence-corrected chi connectivity index (χ4v) is 6.37. The van der Waals surface area contributed by atoms with E-state index in [4.69, 9.17) is 0 Å². The largest absolute Gasteiger partial charge is 0.391 e. The van der Waals surface area contributed by atoms with Gasteiger partial charge in [0, 0.05) is 5.25 Å². The van der Waals surface area contributed by atoms with E-state index in [1.54, 1.807) is 0 Å². The molecule has 0 amide bonds. The van der Waals surface area contributed by atoms with Gasteiger partial charge < -0.3 is 5.11 Å². The van der Waals surface area contributed by atoms with Crippen molar-refractivity contribution in [2.24, 2.45) is 0 Å². The molecule has 5 heteroatoms. The Labute approximate surface area is 63.1 Å². The molecule has 0 aromatic heterocycles. The molecule has 3 nitrogen and oxygen atoms in total. The first kappa shape index (κ1) is 6.94. The summed E-state index contributed by atoms with van der Waals surface area (Å²) in [4.78, 5) is 0. The van der Waals surface area contributed by atoms with Crippen molar-refractivity contribution in [3.05, 3.63) is 0 Å². The van der Waals surface area contributed by atoms with Gasteiger partial charge in [0.25, 0.3) is 0 Å². The van der Waals surface area contributed by atoms with Gasteiger partial charge in [-0.2, -0.15) is 0 Å². The second kappa shape index (κ2) is 1.89. The second-order valence-electron chi connectivity index (χ2n) is 2.73. The highest BCUT2D eigenvalue weighted by Gasteiger charge is 2.52. The Kier molecular flexibility index (Phi) is 1.31. The molecule has 0 radical (unpaired) electrons. The van der Waals surface area contributed by atoms with Crippen LogP contribution < -0.4 is 0 Å². The zero-order chi connectivity index (χ0) is 7.35. The van der Waals surface area contributed by atoms with Crippen LogP contribution in [-0.4, -0.2) is 30.1 Å². The molecule has 1 saturated heterocycles. The Morgan fingerprint density at radius 3 is 2.30 bits per heavy atom. The molecule has 2 rings (SSSR count). The maximum Gasteiger partial charge on any atom is 0.207 e. The van der Waals surface area contributed by atoms with Gasteiger partial charge in [-0.1, -0.05) is 0 Å². The Bertz CT molecular complexity index is 246. The van der Waals surface area contributed by atoms with E-state index in [9.17, 15) is 13.5 Å². The van der Waals surface area contributed by atoms with E-state index in [1.165, 1.54) is 0 Å². The van der Waals surface area contributed by atoms with Crippen LogP contribution in [0.15, 0.2) is 0 Å². The topological polar surface area (TPSA) is 54.4 Å². The lowest BCUT2D eigenvalue weighted by atomic mass is 10.3. The third-order valence-corrected chi connectivity index (χ3v) is 6.70. The zero-order valence-corrected chi connectivity index (χ0v) is 6.86. The van der Waals surface area contributed by atoms with Gasteiger partial charge in [-0.3, -0.25) is 0 Å². The highest BCUT2D eigenvalue weighted by molar-refractivity contribution is 8.73. The molecule has 58 valence electrons. The molecule has 1 aliphatic heterocycles. The molecule has 1 aliphatic carbocycles. The maximum atomic E-state index is 11.0.